The van der Waals surface area contributed by atoms with Crippen LogP contribution in [0.4, 0.5) is 0 Å². The Kier molecular flexibility index (Phi) is 3.43. The van der Waals surface area contributed by atoms with Gasteiger partial charge >= 0.3 is 5.97 Å². The van der Waals surface area contributed by atoms with Gasteiger partial charge in [0.15, 0.2) is 11.6 Å². The van der Waals surface area contributed by atoms with E-state index in [-0.39, 0.29) is 11.6 Å². The first-order valence-electron chi connectivity index (χ1n) is 6.70. The zero-order valence-corrected chi connectivity index (χ0v) is 11.8. The number of hydrogen-bond acceptors (Lipinski definition) is 4. The monoisotopic (exact) mass is 292 g/mol. The van der Waals surface area contributed by atoms with Crippen LogP contribution in [0.1, 0.15) is 37.4 Å². The number of carbonyl (C=O) groups excluding carboxylic acids is 3. The molecule has 0 N–H and O–H groups in total. The third-order valence-electron chi connectivity index (χ3n) is 3.56. The number of rotatable bonds is 2. The number of esters is 1. The number of fused-ring (bicyclic) bond motifs is 2. The van der Waals surface area contributed by atoms with Gasteiger partial charge in [0.25, 0.3) is 0 Å². The second kappa shape index (κ2) is 5.41. The van der Waals surface area contributed by atoms with Crippen molar-refractivity contribution >= 4 is 23.6 Å². The van der Waals surface area contributed by atoms with E-state index in [4.69, 9.17) is 0 Å². The molecule has 4 heteroatoms. The van der Waals surface area contributed by atoms with Crippen LogP contribution in [0.15, 0.2) is 48.5 Å². The minimum atomic E-state index is -0.481. The Morgan fingerprint density at radius 3 is 2.14 bits per heavy atom. The van der Waals surface area contributed by atoms with Crippen molar-refractivity contribution in [2.75, 3.05) is 7.11 Å². The van der Waals surface area contributed by atoms with E-state index < -0.39 is 5.97 Å². The summed E-state index contributed by atoms with van der Waals surface area (Å²) in [6.45, 7) is 0. The molecule has 0 saturated heterocycles. The largest absolute Gasteiger partial charge is 0.466 e. The Labute approximate surface area is 127 Å². The quantitative estimate of drug-likeness (QED) is 0.538. The van der Waals surface area contributed by atoms with Crippen molar-refractivity contribution in [3.63, 3.8) is 0 Å². The van der Waals surface area contributed by atoms with Gasteiger partial charge in [-0.3, -0.25) is 9.59 Å². The third-order valence-corrected chi connectivity index (χ3v) is 3.56. The number of benzene rings is 2. The fourth-order valence-electron chi connectivity index (χ4n) is 2.45. The molecule has 0 radical (unpaired) electrons. The van der Waals surface area contributed by atoms with Gasteiger partial charge in [0.2, 0.25) is 0 Å². The van der Waals surface area contributed by atoms with Crippen LogP contribution in [0.25, 0.3) is 6.08 Å². The molecule has 2 aromatic carbocycles. The fourth-order valence-corrected chi connectivity index (χ4v) is 2.45. The van der Waals surface area contributed by atoms with E-state index in [1.54, 1.807) is 48.5 Å². The highest BCUT2D eigenvalue weighted by atomic mass is 16.5. The van der Waals surface area contributed by atoms with Crippen LogP contribution < -0.4 is 0 Å². The van der Waals surface area contributed by atoms with Crippen molar-refractivity contribution in [3.05, 3.63) is 76.4 Å². The summed E-state index contributed by atoms with van der Waals surface area (Å²) in [6, 6.07) is 11.7. The molecule has 108 valence electrons. The molecule has 0 heterocycles. The highest BCUT2D eigenvalue weighted by Crippen LogP contribution is 2.28. The van der Waals surface area contributed by atoms with Crippen LogP contribution in [0, 0.1) is 0 Å². The van der Waals surface area contributed by atoms with Crippen molar-refractivity contribution < 1.29 is 19.1 Å². The Hall–Kier alpha value is -3.01. The molecule has 0 spiro atoms. The summed E-state index contributed by atoms with van der Waals surface area (Å²) in [6.07, 6.45) is 2.81. The molecule has 22 heavy (non-hydrogen) atoms. The second-order valence-electron chi connectivity index (χ2n) is 4.87. The molecule has 0 aromatic heterocycles. The van der Waals surface area contributed by atoms with E-state index in [0.717, 1.165) is 0 Å². The van der Waals surface area contributed by atoms with Gasteiger partial charge in [0, 0.05) is 28.3 Å². The van der Waals surface area contributed by atoms with Gasteiger partial charge in [-0.15, -0.1) is 0 Å². The number of carbonyl (C=O) groups is 3. The maximum Gasteiger partial charge on any atom is 0.330 e. The van der Waals surface area contributed by atoms with E-state index in [9.17, 15) is 14.4 Å². The summed E-state index contributed by atoms with van der Waals surface area (Å²) in [4.78, 5) is 36.1. The number of hydrogen-bond donors (Lipinski definition) is 0. The summed E-state index contributed by atoms with van der Waals surface area (Å²) >= 11 is 0. The van der Waals surface area contributed by atoms with Crippen LogP contribution in [0.5, 0.6) is 0 Å². The van der Waals surface area contributed by atoms with Gasteiger partial charge in [-0.25, -0.2) is 4.79 Å². The SMILES string of the molecule is COC(=O)/C=C/c1ccc2c(c1)C(=O)c1ccccc1C2=O. The normalized spacial score (nSPS) is 13.0. The second-order valence-corrected chi connectivity index (χ2v) is 4.87. The Balaban J connectivity index is 2.06. The molecule has 1 aliphatic carbocycles. The van der Waals surface area contributed by atoms with Gasteiger partial charge in [0.1, 0.15) is 0 Å². The van der Waals surface area contributed by atoms with E-state index in [2.05, 4.69) is 4.74 Å². The lowest BCUT2D eigenvalue weighted by molar-refractivity contribution is -0.134. The third kappa shape index (κ3) is 2.24. The van der Waals surface area contributed by atoms with Gasteiger partial charge in [-0.2, -0.15) is 0 Å². The molecule has 0 amide bonds. The van der Waals surface area contributed by atoms with Gasteiger partial charge in [-0.1, -0.05) is 30.3 Å². The molecule has 3 rings (SSSR count). The molecule has 0 fully saturated rings. The van der Waals surface area contributed by atoms with E-state index in [0.29, 0.717) is 27.8 Å². The molecule has 2 aromatic rings. The highest BCUT2D eigenvalue weighted by Gasteiger charge is 2.29. The standard InChI is InChI=1S/C18H12O4/c1-22-16(19)9-7-11-6-8-14-15(10-11)18(21)13-5-3-2-4-12(13)17(14)20/h2-10H,1H3/b9-7+. The molecular formula is C18H12O4. The maximum absolute atomic E-state index is 12.5. The Bertz CT molecular complexity index is 831. The van der Waals surface area contributed by atoms with Crippen molar-refractivity contribution in [1.29, 1.82) is 0 Å². The molecule has 0 bridgehead atoms. The van der Waals surface area contributed by atoms with Crippen LogP contribution >= 0.6 is 0 Å². The van der Waals surface area contributed by atoms with Crippen molar-refractivity contribution in [2.24, 2.45) is 0 Å². The number of ketones is 2. The van der Waals surface area contributed by atoms with Crippen LogP contribution in [-0.2, 0) is 9.53 Å². The summed E-state index contributed by atoms with van der Waals surface area (Å²) < 4.78 is 4.52. The smallest absolute Gasteiger partial charge is 0.330 e. The van der Waals surface area contributed by atoms with Crippen molar-refractivity contribution in [2.45, 2.75) is 0 Å². The topological polar surface area (TPSA) is 60.4 Å². The van der Waals surface area contributed by atoms with E-state index in [1.807, 2.05) is 0 Å². The average molecular weight is 292 g/mol. The highest BCUT2D eigenvalue weighted by molar-refractivity contribution is 6.28. The average Bonchev–Trinajstić information content (AvgIpc) is 2.57. The van der Waals surface area contributed by atoms with Gasteiger partial charge in [0.05, 0.1) is 7.11 Å². The summed E-state index contributed by atoms with van der Waals surface area (Å²) in [5.41, 5.74) is 2.24. The molecule has 0 atom stereocenters. The predicted octanol–water partition coefficient (Wildman–Crippen LogP) is 2.65. The first-order chi connectivity index (χ1) is 10.6. The fraction of sp³-hybridized carbons (Fsp3) is 0.0556. The zero-order valence-electron chi connectivity index (χ0n) is 11.8. The minimum Gasteiger partial charge on any atom is -0.466 e. The van der Waals surface area contributed by atoms with E-state index >= 15 is 0 Å². The first kappa shape index (κ1) is 13.9. The minimum absolute atomic E-state index is 0.159. The van der Waals surface area contributed by atoms with Gasteiger partial charge in [-0.05, 0) is 23.8 Å². The molecule has 1 aliphatic rings. The molecule has 0 unspecified atom stereocenters. The molecule has 4 nitrogen and oxygen atoms in total. The zero-order chi connectivity index (χ0) is 15.7. The molecular weight excluding hydrogens is 280 g/mol. The lowest BCUT2D eigenvalue weighted by Gasteiger charge is -2.17. The summed E-state index contributed by atoms with van der Waals surface area (Å²) in [5.74, 6) is -0.822. The Morgan fingerprint density at radius 2 is 1.50 bits per heavy atom. The van der Waals surface area contributed by atoms with Crippen LogP contribution in [0.3, 0.4) is 0 Å². The maximum atomic E-state index is 12.5. The Morgan fingerprint density at radius 1 is 0.909 bits per heavy atom. The lowest BCUT2D eigenvalue weighted by Crippen LogP contribution is -2.20. The lowest BCUT2D eigenvalue weighted by atomic mass is 9.83. The number of methoxy groups -OCH3 is 1. The van der Waals surface area contributed by atoms with Crippen LogP contribution in [-0.4, -0.2) is 24.6 Å². The van der Waals surface area contributed by atoms with E-state index in [1.165, 1.54) is 13.2 Å². The van der Waals surface area contributed by atoms with Crippen molar-refractivity contribution in [1.82, 2.24) is 0 Å². The van der Waals surface area contributed by atoms with Gasteiger partial charge < -0.3 is 4.74 Å². The molecule has 0 saturated carbocycles. The molecule has 0 aliphatic heterocycles. The predicted molar refractivity (Wildman–Crippen MR) is 80.8 cm³/mol. The number of ether oxygens (including phenoxy) is 1. The van der Waals surface area contributed by atoms with Crippen molar-refractivity contribution in [3.8, 4) is 0 Å². The summed E-state index contributed by atoms with van der Waals surface area (Å²) in [7, 11) is 1.29. The van der Waals surface area contributed by atoms with Crippen LogP contribution in [0.2, 0.25) is 0 Å². The summed E-state index contributed by atoms with van der Waals surface area (Å²) in [5, 5.41) is 0. The first-order valence-corrected chi connectivity index (χ1v) is 6.70.